The van der Waals surface area contributed by atoms with Crippen LogP contribution < -0.4 is 10.6 Å². The maximum Gasteiger partial charge on any atom is 0.163 e. The van der Waals surface area contributed by atoms with E-state index < -0.39 is 0 Å². The van der Waals surface area contributed by atoms with E-state index >= 15 is 0 Å². The van der Waals surface area contributed by atoms with E-state index in [-0.39, 0.29) is 0 Å². The summed E-state index contributed by atoms with van der Waals surface area (Å²) in [5, 5.41) is 6.90. The van der Waals surface area contributed by atoms with Crippen LogP contribution in [0.15, 0.2) is 30.6 Å². The summed E-state index contributed by atoms with van der Waals surface area (Å²) in [6, 6.07) is 5.82. The number of anilines is 1. The van der Waals surface area contributed by atoms with Gasteiger partial charge in [-0.15, -0.1) is 0 Å². The Morgan fingerprint density at radius 3 is 3.09 bits per heavy atom. The minimum absolute atomic E-state index is 0.468. The van der Waals surface area contributed by atoms with Gasteiger partial charge in [-0.3, -0.25) is 4.98 Å². The van der Waals surface area contributed by atoms with Crippen LogP contribution in [0.4, 0.5) is 5.82 Å². The quantitative estimate of drug-likeness (QED) is 0.851. The fraction of sp³-hybridized carbons (Fsp3) is 0.471. The zero-order valence-corrected chi connectivity index (χ0v) is 13.5. The lowest BCUT2D eigenvalue weighted by atomic mass is 10.00. The number of pyridine rings is 1. The third-order valence-electron chi connectivity index (χ3n) is 3.96. The normalized spacial score (nSPS) is 17.9. The molecule has 1 unspecified atom stereocenters. The van der Waals surface area contributed by atoms with Gasteiger partial charge in [0.2, 0.25) is 0 Å². The molecule has 1 aliphatic heterocycles. The van der Waals surface area contributed by atoms with Gasteiger partial charge in [-0.05, 0) is 44.0 Å². The molecule has 0 saturated carbocycles. The van der Waals surface area contributed by atoms with Crippen LogP contribution in [0.2, 0.25) is 0 Å². The van der Waals surface area contributed by atoms with Gasteiger partial charge in [0, 0.05) is 37.7 Å². The smallest absolute Gasteiger partial charge is 0.163 e. The van der Waals surface area contributed by atoms with Crippen molar-refractivity contribution < 1.29 is 4.74 Å². The van der Waals surface area contributed by atoms with E-state index in [4.69, 9.17) is 4.74 Å². The molecule has 2 aromatic rings. The first-order valence-corrected chi connectivity index (χ1v) is 8.07. The third kappa shape index (κ3) is 4.46. The van der Waals surface area contributed by atoms with E-state index in [2.05, 4.69) is 25.6 Å². The van der Waals surface area contributed by atoms with E-state index in [9.17, 15) is 0 Å². The van der Waals surface area contributed by atoms with Gasteiger partial charge in [-0.25, -0.2) is 9.97 Å². The maximum atomic E-state index is 5.22. The highest BCUT2D eigenvalue weighted by Gasteiger charge is 2.13. The van der Waals surface area contributed by atoms with Gasteiger partial charge in [-0.1, -0.05) is 0 Å². The van der Waals surface area contributed by atoms with Crippen molar-refractivity contribution in [2.75, 3.05) is 32.1 Å². The first-order valence-electron chi connectivity index (χ1n) is 8.07. The van der Waals surface area contributed by atoms with Crippen LogP contribution in [0.5, 0.6) is 0 Å². The first kappa shape index (κ1) is 15.8. The Balaban J connectivity index is 1.76. The molecule has 1 aliphatic rings. The number of rotatable bonds is 6. The molecule has 2 N–H and O–H groups in total. The standard InChI is InChI=1S/C17H23N5O/c1-23-12-15-8-16(20-10-13-4-2-6-18-9-13)22-17(21-15)14-5-3-7-19-11-14/h3,5,7-8,11,13,18H,2,4,6,9-10,12H2,1H3,(H,20,21,22). The molecular weight excluding hydrogens is 290 g/mol. The molecule has 1 atom stereocenters. The molecule has 0 aromatic carbocycles. The summed E-state index contributed by atoms with van der Waals surface area (Å²) in [7, 11) is 1.67. The number of hydrogen-bond donors (Lipinski definition) is 2. The highest BCUT2D eigenvalue weighted by Crippen LogP contribution is 2.18. The Hall–Kier alpha value is -2.05. The van der Waals surface area contributed by atoms with Gasteiger partial charge in [0.15, 0.2) is 5.82 Å². The lowest BCUT2D eigenvalue weighted by Crippen LogP contribution is -2.33. The van der Waals surface area contributed by atoms with Crippen LogP contribution in [0.3, 0.4) is 0 Å². The summed E-state index contributed by atoms with van der Waals surface area (Å²) in [4.78, 5) is 13.3. The fourth-order valence-corrected chi connectivity index (χ4v) is 2.78. The van der Waals surface area contributed by atoms with Crippen molar-refractivity contribution in [2.24, 2.45) is 5.92 Å². The largest absolute Gasteiger partial charge is 0.378 e. The Kier molecular flexibility index (Phi) is 5.50. The SMILES string of the molecule is COCc1cc(NCC2CCCNC2)nc(-c2cccnc2)n1. The molecule has 0 bridgehead atoms. The summed E-state index contributed by atoms with van der Waals surface area (Å²) in [6.07, 6.45) is 6.02. The molecular formula is C17H23N5O. The van der Waals surface area contributed by atoms with Crippen LogP contribution in [-0.4, -0.2) is 41.7 Å². The summed E-state index contributed by atoms with van der Waals surface area (Å²) in [5.41, 5.74) is 1.78. The summed E-state index contributed by atoms with van der Waals surface area (Å²) in [5.74, 6) is 2.17. The van der Waals surface area contributed by atoms with E-state index in [0.717, 1.165) is 36.7 Å². The van der Waals surface area contributed by atoms with Crippen molar-refractivity contribution in [1.29, 1.82) is 0 Å². The molecule has 6 nitrogen and oxygen atoms in total. The van der Waals surface area contributed by atoms with Gasteiger partial charge >= 0.3 is 0 Å². The second-order valence-corrected chi connectivity index (χ2v) is 5.84. The fourth-order valence-electron chi connectivity index (χ4n) is 2.78. The van der Waals surface area contributed by atoms with Crippen LogP contribution in [0.1, 0.15) is 18.5 Å². The van der Waals surface area contributed by atoms with E-state index in [1.165, 1.54) is 12.8 Å². The minimum Gasteiger partial charge on any atom is -0.378 e. The Morgan fingerprint density at radius 1 is 1.39 bits per heavy atom. The molecule has 1 saturated heterocycles. The van der Waals surface area contributed by atoms with Crippen molar-refractivity contribution >= 4 is 5.82 Å². The van der Waals surface area contributed by atoms with E-state index in [1.807, 2.05) is 18.2 Å². The highest BCUT2D eigenvalue weighted by molar-refractivity contribution is 5.56. The van der Waals surface area contributed by atoms with Gasteiger partial charge in [0.05, 0.1) is 12.3 Å². The van der Waals surface area contributed by atoms with E-state index in [1.54, 1.807) is 19.5 Å². The number of aromatic nitrogens is 3. The van der Waals surface area contributed by atoms with Gasteiger partial charge < -0.3 is 15.4 Å². The molecule has 1 fully saturated rings. The molecule has 0 radical (unpaired) electrons. The van der Waals surface area contributed by atoms with Crippen molar-refractivity contribution in [3.63, 3.8) is 0 Å². The molecule has 0 spiro atoms. The number of methoxy groups -OCH3 is 1. The lowest BCUT2D eigenvalue weighted by Gasteiger charge is -2.23. The maximum absolute atomic E-state index is 5.22. The molecule has 0 aliphatic carbocycles. The Labute approximate surface area is 136 Å². The molecule has 3 heterocycles. The van der Waals surface area contributed by atoms with Crippen LogP contribution >= 0.6 is 0 Å². The first-order chi connectivity index (χ1) is 11.3. The number of ether oxygens (including phenoxy) is 1. The van der Waals surface area contributed by atoms with Gasteiger partial charge in [0.1, 0.15) is 5.82 Å². The lowest BCUT2D eigenvalue weighted by molar-refractivity contribution is 0.181. The van der Waals surface area contributed by atoms with Crippen molar-refractivity contribution in [3.05, 3.63) is 36.3 Å². The second kappa shape index (κ2) is 7.99. The van der Waals surface area contributed by atoms with Crippen molar-refractivity contribution in [2.45, 2.75) is 19.4 Å². The van der Waals surface area contributed by atoms with E-state index in [0.29, 0.717) is 18.3 Å². The van der Waals surface area contributed by atoms with Gasteiger partial charge in [-0.2, -0.15) is 0 Å². The number of nitrogens with one attached hydrogen (secondary N) is 2. The topological polar surface area (TPSA) is 72.0 Å². The molecule has 122 valence electrons. The average molecular weight is 313 g/mol. The second-order valence-electron chi connectivity index (χ2n) is 5.84. The Bertz CT molecular complexity index is 614. The number of piperidine rings is 1. The van der Waals surface area contributed by atoms with Gasteiger partial charge in [0.25, 0.3) is 0 Å². The number of nitrogens with zero attached hydrogens (tertiary/aromatic N) is 3. The van der Waals surface area contributed by atoms with Crippen LogP contribution in [0.25, 0.3) is 11.4 Å². The highest BCUT2D eigenvalue weighted by atomic mass is 16.5. The summed E-state index contributed by atoms with van der Waals surface area (Å²) < 4.78 is 5.22. The average Bonchev–Trinajstić information content (AvgIpc) is 2.62. The van der Waals surface area contributed by atoms with Crippen LogP contribution in [-0.2, 0) is 11.3 Å². The molecule has 6 heteroatoms. The zero-order valence-electron chi connectivity index (χ0n) is 13.5. The predicted molar refractivity (Wildman–Crippen MR) is 90.1 cm³/mol. The monoisotopic (exact) mass is 313 g/mol. The van der Waals surface area contributed by atoms with Crippen LogP contribution in [0, 0.1) is 5.92 Å². The molecule has 2 aromatic heterocycles. The number of hydrogen-bond acceptors (Lipinski definition) is 6. The van der Waals surface area contributed by atoms with Crippen molar-refractivity contribution in [1.82, 2.24) is 20.3 Å². The molecule has 23 heavy (non-hydrogen) atoms. The zero-order chi connectivity index (χ0) is 15.9. The minimum atomic E-state index is 0.468. The Morgan fingerprint density at radius 2 is 2.35 bits per heavy atom. The summed E-state index contributed by atoms with van der Waals surface area (Å²) >= 11 is 0. The predicted octanol–water partition coefficient (Wildman–Crippen LogP) is 2.10. The molecule has 0 amide bonds. The molecule has 3 rings (SSSR count). The van der Waals surface area contributed by atoms with Crippen molar-refractivity contribution in [3.8, 4) is 11.4 Å². The summed E-state index contributed by atoms with van der Waals surface area (Å²) in [6.45, 7) is 3.59. The third-order valence-corrected chi connectivity index (χ3v) is 3.96.